The SMILES string of the molecule is CCCCOc1cccc(C2C(=C(O)c3ccccc3)C(=O)C(=O)N2CCCN2CCOCC2)c1. The molecule has 0 saturated carbocycles. The lowest BCUT2D eigenvalue weighted by Gasteiger charge is -2.29. The van der Waals surface area contributed by atoms with Crippen molar-refractivity contribution in [2.45, 2.75) is 32.2 Å². The molecule has 1 atom stereocenters. The van der Waals surface area contributed by atoms with Gasteiger partial charge in [-0.05, 0) is 30.5 Å². The summed E-state index contributed by atoms with van der Waals surface area (Å²) in [5.74, 6) is -0.691. The number of ether oxygens (including phenoxy) is 2. The summed E-state index contributed by atoms with van der Waals surface area (Å²) in [6.07, 6.45) is 2.69. The number of benzene rings is 2. The molecule has 186 valence electrons. The summed E-state index contributed by atoms with van der Waals surface area (Å²) in [6.45, 7) is 7.11. The highest BCUT2D eigenvalue weighted by atomic mass is 16.5. The zero-order valence-electron chi connectivity index (χ0n) is 20.3. The second-order valence-corrected chi connectivity index (χ2v) is 8.94. The predicted octanol–water partition coefficient (Wildman–Crippen LogP) is 4.01. The Kier molecular flexibility index (Phi) is 8.55. The molecular formula is C28H34N2O5. The van der Waals surface area contributed by atoms with Gasteiger partial charge in [-0.25, -0.2) is 0 Å². The summed E-state index contributed by atoms with van der Waals surface area (Å²) in [4.78, 5) is 30.3. The van der Waals surface area contributed by atoms with Crippen molar-refractivity contribution in [2.75, 3.05) is 46.0 Å². The standard InChI is InChI=1S/C28H34N2O5/c1-2-3-17-35-23-12-7-11-22(20-23)25-24(26(31)21-9-5-4-6-10-21)27(32)28(33)30(25)14-8-13-29-15-18-34-19-16-29/h4-7,9-12,20,25,31H,2-3,8,13-19H2,1H3. The number of nitrogens with zero attached hydrogens (tertiary/aromatic N) is 2. The topological polar surface area (TPSA) is 79.3 Å². The van der Waals surface area contributed by atoms with E-state index in [0.29, 0.717) is 37.7 Å². The number of hydrogen-bond acceptors (Lipinski definition) is 6. The van der Waals surface area contributed by atoms with Gasteiger partial charge in [0.1, 0.15) is 11.5 Å². The lowest BCUT2D eigenvalue weighted by atomic mass is 9.95. The van der Waals surface area contributed by atoms with Crippen molar-refractivity contribution in [3.63, 3.8) is 0 Å². The molecule has 2 aliphatic heterocycles. The first-order valence-electron chi connectivity index (χ1n) is 12.5. The van der Waals surface area contributed by atoms with Gasteiger partial charge in [-0.3, -0.25) is 14.5 Å². The predicted molar refractivity (Wildman–Crippen MR) is 134 cm³/mol. The first-order chi connectivity index (χ1) is 17.1. The van der Waals surface area contributed by atoms with Crippen molar-refractivity contribution in [3.05, 3.63) is 71.3 Å². The maximum absolute atomic E-state index is 13.2. The number of amides is 1. The Bertz CT molecular complexity index is 1050. The van der Waals surface area contributed by atoms with Crippen LogP contribution in [-0.4, -0.2) is 72.6 Å². The van der Waals surface area contributed by atoms with Gasteiger partial charge in [0.25, 0.3) is 11.7 Å². The molecule has 1 amide bonds. The average molecular weight is 479 g/mol. The maximum Gasteiger partial charge on any atom is 0.295 e. The summed E-state index contributed by atoms with van der Waals surface area (Å²) >= 11 is 0. The number of morpholine rings is 1. The number of Topliss-reactive ketones (excluding diaryl/α,β-unsaturated/α-hetero) is 1. The molecule has 0 bridgehead atoms. The summed E-state index contributed by atoms with van der Waals surface area (Å²) in [5.41, 5.74) is 1.39. The molecular weight excluding hydrogens is 444 g/mol. The average Bonchev–Trinajstić information content (AvgIpc) is 3.15. The molecule has 2 aliphatic rings. The molecule has 1 unspecified atom stereocenters. The maximum atomic E-state index is 13.2. The van der Waals surface area contributed by atoms with Crippen molar-refractivity contribution in [1.82, 2.24) is 9.80 Å². The number of aliphatic hydroxyl groups is 1. The Morgan fingerprint density at radius 1 is 1.03 bits per heavy atom. The summed E-state index contributed by atoms with van der Waals surface area (Å²) in [6, 6.07) is 15.7. The summed E-state index contributed by atoms with van der Waals surface area (Å²) in [7, 11) is 0. The number of carbonyl (C=O) groups is 2. The highest BCUT2D eigenvalue weighted by Gasteiger charge is 2.45. The van der Waals surface area contributed by atoms with E-state index in [9.17, 15) is 14.7 Å². The van der Waals surface area contributed by atoms with E-state index in [1.54, 1.807) is 29.2 Å². The minimum Gasteiger partial charge on any atom is -0.507 e. The lowest BCUT2D eigenvalue weighted by molar-refractivity contribution is -0.140. The first-order valence-corrected chi connectivity index (χ1v) is 12.5. The van der Waals surface area contributed by atoms with Crippen LogP contribution < -0.4 is 4.74 Å². The van der Waals surface area contributed by atoms with Gasteiger partial charge in [0.15, 0.2) is 0 Å². The molecule has 35 heavy (non-hydrogen) atoms. The van der Waals surface area contributed by atoms with Crippen molar-refractivity contribution in [3.8, 4) is 5.75 Å². The van der Waals surface area contributed by atoms with Crippen LogP contribution in [0.1, 0.15) is 43.4 Å². The number of ketones is 1. The molecule has 2 aromatic carbocycles. The third kappa shape index (κ3) is 5.92. The summed E-state index contributed by atoms with van der Waals surface area (Å²) in [5, 5.41) is 11.2. The fraction of sp³-hybridized carbons (Fsp3) is 0.429. The molecule has 2 aromatic rings. The van der Waals surface area contributed by atoms with E-state index >= 15 is 0 Å². The highest BCUT2D eigenvalue weighted by molar-refractivity contribution is 6.46. The van der Waals surface area contributed by atoms with Crippen LogP contribution in [0.15, 0.2) is 60.2 Å². The van der Waals surface area contributed by atoms with E-state index < -0.39 is 17.7 Å². The molecule has 2 saturated heterocycles. The van der Waals surface area contributed by atoms with E-state index in [-0.39, 0.29) is 11.3 Å². The van der Waals surface area contributed by atoms with Gasteiger partial charge >= 0.3 is 0 Å². The molecule has 0 radical (unpaired) electrons. The van der Waals surface area contributed by atoms with Gasteiger partial charge in [0.2, 0.25) is 0 Å². The van der Waals surface area contributed by atoms with Gasteiger partial charge in [-0.2, -0.15) is 0 Å². The van der Waals surface area contributed by atoms with E-state index in [1.165, 1.54) is 0 Å². The molecule has 0 spiro atoms. The molecule has 2 heterocycles. The number of carbonyl (C=O) groups excluding carboxylic acids is 2. The molecule has 4 rings (SSSR count). The number of rotatable bonds is 10. The monoisotopic (exact) mass is 478 g/mol. The fourth-order valence-corrected chi connectivity index (χ4v) is 4.61. The molecule has 2 fully saturated rings. The quantitative estimate of drug-likeness (QED) is 0.241. The number of likely N-dealkylation sites (tertiary alicyclic amines) is 1. The molecule has 0 aromatic heterocycles. The van der Waals surface area contributed by atoms with E-state index in [2.05, 4.69) is 11.8 Å². The van der Waals surface area contributed by atoms with E-state index in [4.69, 9.17) is 9.47 Å². The Labute approximate surface area is 206 Å². The van der Waals surface area contributed by atoms with Crippen LogP contribution in [-0.2, 0) is 14.3 Å². The first kappa shape index (κ1) is 24.9. The van der Waals surface area contributed by atoms with Crippen LogP contribution in [0, 0.1) is 0 Å². The minimum absolute atomic E-state index is 0.123. The number of hydrogen-bond donors (Lipinski definition) is 1. The Hall–Kier alpha value is -3.16. The lowest BCUT2D eigenvalue weighted by Crippen LogP contribution is -2.38. The van der Waals surface area contributed by atoms with E-state index in [0.717, 1.165) is 44.5 Å². The van der Waals surface area contributed by atoms with Crippen LogP contribution in [0.5, 0.6) is 5.75 Å². The number of unbranched alkanes of at least 4 members (excludes halogenated alkanes) is 1. The zero-order valence-corrected chi connectivity index (χ0v) is 20.3. The molecule has 0 aliphatic carbocycles. The van der Waals surface area contributed by atoms with Gasteiger partial charge in [0.05, 0.1) is 31.4 Å². The Morgan fingerprint density at radius 2 is 1.80 bits per heavy atom. The van der Waals surface area contributed by atoms with Crippen LogP contribution in [0.2, 0.25) is 0 Å². The molecule has 7 heteroatoms. The van der Waals surface area contributed by atoms with E-state index in [1.807, 2.05) is 30.3 Å². The van der Waals surface area contributed by atoms with Crippen molar-refractivity contribution >= 4 is 17.4 Å². The second kappa shape index (κ2) is 12.0. The van der Waals surface area contributed by atoms with Crippen molar-refractivity contribution in [2.24, 2.45) is 0 Å². The molecule has 7 nitrogen and oxygen atoms in total. The van der Waals surface area contributed by atoms with Crippen LogP contribution in [0.4, 0.5) is 0 Å². The third-order valence-electron chi connectivity index (χ3n) is 6.50. The zero-order chi connectivity index (χ0) is 24.6. The summed E-state index contributed by atoms with van der Waals surface area (Å²) < 4.78 is 11.3. The van der Waals surface area contributed by atoms with Gasteiger partial charge in [-0.15, -0.1) is 0 Å². The second-order valence-electron chi connectivity index (χ2n) is 8.94. The Balaban J connectivity index is 1.65. The Morgan fingerprint density at radius 3 is 2.54 bits per heavy atom. The van der Waals surface area contributed by atoms with Crippen LogP contribution >= 0.6 is 0 Å². The van der Waals surface area contributed by atoms with Gasteiger partial charge in [0, 0.05) is 31.7 Å². The third-order valence-corrected chi connectivity index (χ3v) is 6.50. The van der Waals surface area contributed by atoms with Crippen LogP contribution in [0.25, 0.3) is 5.76 Å². The van der Waals surface area contributed by atoms with Gasteiger partial charge < -0.3 is 19.5 Å². The fourth-order valence-electron chi connectivity index (χ4n) is 4.61. The highest BCUT2D eigenvalue weighted by Crippen LogP contribution is 2.40. The van der Waals surface area contributed by atoms with Gasteiger partial charge in [-0.1, -0.05) is 55.8 Å². The molecule has 1 N–H and O–H groups in total. The van der Waals surface area contributed by atoms with Crippen molar-refractivity contribution < 1.29 is 24.2 Å². The minimum atomic E-state index is -0.672. The smallest absolute Gasteiger partial charge is 0.295 e. The normalized spacial score (nSPS) is 20.4. The number of aliphatic hydroxyl groups excluding tert-OH is 1. The van der Waals surface area contributed by atoms with Crippen molar-refractivity contribution in [1.29, 1.82) is 0 Å². The van der Waals surface area contributed by atoms with Crippen LogP contribution in [0.3, 0.4) is 0 Å². The largest absolute Gasteiger partial charge is 0.507 e.